The molecule has 3 rings (SSSR count). The highest BCUT2D eigenvalue weighted by molar-refractivity contribution is 7.17. The van der Waals surface area contributed by atoms with Gasteiger partial charge in [-0.15, -0.1) is 11.3 Å². The SMILES string of the molecule is O=C(Cc1ccc(F)cc1)Cn1ccc2sccc2c1=O. The van der Waals surface area contributed by atoms with Gasteiger partial charge in [0.2, 0.25) is 0 Å². The predicted octanol–water partition coefficient (Wildman–Crippen LogP) is 3.01. The number of carbonyl (C=O) groups excluding carboxylic acids is 1. The van der Waals surface area contributed by atoms with Gasteiger partial charge in [-0.2, -0.15) is 0 Å². The van der Waals surface area contributed by atoms with Crippen molar-refractivity contribution in [3.63, 3.8) is 0 Å². The molecule has 0 saturated heterocycles. The molecule has 0 aliphatic heterocycles. The summed E-state index contributed by atoms with van der Waals surface area (Å²) in [6, 6.07) is 9.42. The average molecular weight is 301 g/mol. The molecule has 21 heavy (non-hydrogen) atoms. The van der Waals surface area contributed by atoms with E-state index in [1.54, 1.807) is 24.4 Å². The molecule has 0 atom stereocenters. The summed E-state index contributed by atoms with van der Waals surface area (Å²) in [6.07, 6.45) is 1.83. The van der Waals surface area contributed by atoms with Crippen molar-refractivity contribution < 1.29 is 9.18 Å². The average Bonchev–Trinajstić information content (AvgIpc) is 2.94. The minimum atomic E-state index is -0.328. The molecule has 0 unspecified atom stereocenters. The second-order valence-electron chi connectivity index (χ2n) is 4.79. The molecule has 1 aromatic carbocycles. The Morgan fingerprint density at radius 1 is 1.14 bits per heavy atom. The molecule has 0 aliphatic carbocycles. The fourth-order valence-corrected chi connectivity index (χ4v) is 2.98. The van der Waals surface area contributed by atoms with E-state index in [-0.39, 0.29) is 30.1 Å². The number of thiophene rings is 1. The quantitative estimate of drug-likeness (QED) is 0.743. The lowest BCUT2D eigenvalue weighted by atomic mass is 10.1. The Labute approximate surface area is 124 Å². The van der Waals surface area contributed by atoms with Crippen molar-refractivity contribution in [1.82, 2.24) is 4.57 Å². The van der Waals surface area contributed by atoms with E-state index in [0.717, 1.165) is 10.3 Å². The standard InChI is InChI=1S/C16H12FNO2S/c17-12-3-1-11(2-4-12)9-13(19)10-18-7-5-15-14(16(18)20)6-8-21-15/h1-8H,9-10H2. The van der Waals surface area contributed by atoms with Crippen molar-refractivity contribution in [3.8, 4) is 0 Å². The zero-order valence-corrected chi connectivity index (χ0v) is 11.9. The van der Waals surface area contributed by atoms with Crippen LogP contribution in [0, 0.1) is 5.82 Å². The zero-order valence-electron chi connectivity index (χ0n) is 11.1. The fraction of sp³-hybridized carbons (Fsp3) is 0.125. The molecule has 0 saturated carbocycles. The van der Waals surface area contributed by atoms with E-state index in [0.29, 0.717) is 5.39 Å². The molecule has 0 spiro atoms. The van der Waals surface area contributed by atoms with Crippen molar-refractivity contribution in [1.29, 1.82) is 0 Å². The Kier molecular flexibility index (Phi) is 3.66. The third kappa shape index (κ3) is 2.92. The van der Waals surface area contributed by atoms with E-state index in [4.69, 9.17) is 0 Å². The zero-order chi connectivity index (χ0) is 14.8. The van der Waals surface area contributed by atoms with Crippen LogP contribution in [0.25, 0.3) is 10.1 Å². The Bertz CT molecular complexity index is 849. The Hall–Kier alpha value is -2.27. The topological polar surface area (TPSA) is 39.1 Å². The number of halogens is 1. The van der Waals surface area contributed by atoms with Crippen LogP contribution in [-0.4, -0.2) is 10.4 Å². The third-order valence-corrected chi connectivity index (χ3v) is 4.14. The molecule has 0 amide bonds. The molecule has 3 aromatic rings. The largest absolute Gasteiger partial charge is 0.307 e. The van der Waals surface area contributed by atoms with Crippen LogP contribution in [0.4, 0.5) is 4.39 Å². The lowest BCUT2D eigenvalue weighted by Gasteiger charge is -2.05. The number of pyridine rings is 1. The van der Waals surface area contributed by atoms with Gasteiger partial charge in [0.15, 0.2) is 5.78 Å². The van der Waals surface area contributed by atoms with Crippen LogP contribution in [0.3, 0.4) is 0 Å². The van der Waals surface area contributed by atoms with Crippen LogP contribution in [0.1, 0.15) is 5.56 Å². The van der Waals surface area contributed by atoms with Crippen LogP contribution in [0.2, 0.25) is 0 Å². The van der Waals surface area contributed by atoms with Gasteiger partial charge in [-0.25, -0.2) is 4.39 Å². The smallest absolute Gasteiger partial charge is 0.259 e. The number of nitrogens with zero attached hydrogens (tertiary/aromatic N) is 1. The first-order valence-corrected chi connectivity index (χ1v) is 7.34. The number of Topliss-reactive ketones (excluding diaryl/α,β-unsaturated/α-hetero) is 1. The molecule has 5 heteroatoms. The third-order valence-electron chi connectivity index (χ3n) is 3.25. The Balaban J connectivity index is 1.78. The summed E-state index contributed by atoms with van der Waals surface area (Å²) in [7, 11) is 0. The van der Waals surface area contributed by atoms with E-state index in [9.17, 15) is 14.0 Å². The second-order valence-corrected chi connectivity index (χ2v) is 5.74. The van der Waals surface area contributed by atoms with Gasteiger partial charge in [-0.3, -0.25) is 9.59 Å². The second kappa shape index (κ2) is 5.61. The van der Waals surface area contributed by atoms with Gasteiger partial charge in [-0.05, 0) is 35.2 Å². The summed E-state index contributed by atoms with van der Waals surface area (Å²) in [5.41, 5.74) is 0.590. The van der Waals surface area contributed by atoms with Crippen LogP contribution in [-0.2, 0) is 17.8 Å². The molecule has 0 fully saturated rings. The van der Waals surface area contributed by atoms with E-state index < -0.39 is 0 Å². The number of rotatable bonds is 4. The number of carbonyl (C=O) groups is 1. The van der Waals surface area contributed by atoms with Crippen LogP contribution >= 0.6 is 11.3 Å². The van der Waals surface area contributed by atoms with Crippen molar-refractivity contribution in [2.45, 2.75) is 13.0 Å². The lowest BCUT2D eigenvalue weighted by molar-refractivity contribution is -0.119. The first-order valence-electron chi connectivity index (χ1n) is 6.46. The molecule has 0 aliphatic rings. The number of aromatic nitrogens is 1. The van der Waals surface area contributed by atoms with Gasteiger partial charge < -0.3 is 4.57 Å². The first-order chi connectivity index (χ1) is 10.1. The van der Waals surface area contributed by atoms with Gasteiger partial charge in [-0.1, -0.05) is 12.1 Å². The summed E-state index contributed by atoms with van der Waals surface area (Å²) in [4.78, 5) is 24.2. The minimum Gasteiger partial charge on any atom is -0.307 e. The molecule has 2 aromatic heterocycles. The van der Waals surface area contributed by atoms with E-state index in [1.807, 2.05) is 11.4 Å². The molecular weight excluding hydrogens is 289 g/mol. The van der Waals surface area contributed by atoms with Crippen LogP contribution in [0.15, 0.2) is 52.8 Å². The summed E-state index contributed by atoms with van der Waals surface area (Å²) < 4.78 is 15.1. The molecule has 0 radical (unpaired) electrons. The molecular formula is C16H12FNO2S. The first kappa shape index (κ1) is 13.7. The number of benzene rings is 1. The van der Waals surface area contributed by atoms with Crippen LogP contribution < -0.4 is 5.56 Å². The maximum Gasteiger partial charge on any atom is 0.259 e. The molecule has 3 nitrogen and oxygen atoms in total. The van der Waals surface area contributed by atoms with Gasteiger partial charge in [0, 0.05) is 17.3 Å². The van der Waals surface area contributed by atoms with Gasteiger partial charge in [0.1, 0.15) is 5.82 Å². The van der Waals surface area contributed by atoms with Gasteiger partial charge >= 0.3 is 0 Å². The maximum atomic E-state index is 12.8. The maximum absolute atomic E-state index is 12.8. The van der Waals surface area contributed by atoms with Crippen LogP contribution in [0.5, 0.6) is 0 Å². The normalized spacial score (nSPS) is 10.9. The van der Waals surface area contributed by atoms with E-state index in [1.165, 1.54) is 28.0 Å². The van der Waals surface area contributed by atoms with E-state index >= 15 is 0 Å². The number of fused-ring (bicyclic) bond motifs is 1. The lowest BCUT2D eigenvalue weighted by Crippen LogP contribution is -2.24. The Morgan fingerprint density at radius 3 is 2.67 bits per heavy atom. The molecule has 2 heterocycles. The highest BCUT2D eigenvalue weighted by atomic mass is 32.1. The molecule has 106 valence electrons. The number of hydrogen-bond acceptors (Lipinski definition) is 3. The predicted molar refractivity (Wildman–Crippen MR) is 81.2 cm³/mol. The summed E-state index contributed by atoms with van der Waals surface area (Å²) >= 11 is 1.50. The number of hydrogen-bond donors (Lipinski definition) is 0. The molecule has 0 bridgehead atoms. The summed E-state index contributed by atoms with van der Waals surface area (Å²) in [5.74, 6) is -0.413. The highest BCUT2D eigenvalue weighted by Gasteiger charge is 2.09. The van der Waals surface area contributed by atoms with E-state index in [2.05, 4.69) is 0 Å². The van der Waals surface area contributed by atoms with Crippen molar-refractivity contribution in [2.75, 3.05) is 0 Å². The monoisotopic (exact) mass is 301 g/mol. The fourth-order valence-electron chi connectivity index (χ4n) is 2.21. The van der Waals surface area contributed by atoms with Gasteiger partial charge in [0.05, 0.1) is 11.9 Å². The number of ketones is 1. The molecule has 0 N–H and O–H groups in total. The highest BCUT2D eigenvalue weighted by Crippen LogP contribution is 2.16. The minimum absolute atomic E-state index is 0.0298. The van der Waals surface area contributed by atoms with Crippen molar-refractivity contribution in [3.05, 3.63) is 69.7 Å². The Morgan fingerprint density at radius 2 is 1.90 bits per heavy atom. The van der Waals surface area contributed by atoms with Gasteiger partial charge in [0.25, 0.3) is 5.56 Å². The van der Waals surface area contributed by atoms with Crippen molar-refractivity contribution >= 4 is 27.2 Å². The summed E-state index contributed by atoms with van der Waals surface area (Å²) in [5, 5.41) is 2.49. The van der Waals surface area contributed by atoms with Crippen molar-refractivity contribution in [2.24, 2.45) is 0 Å². The summed E-state index contributed by atoms with van der Waals surface area (Å²) in [6.45, 7) is 0.0298.